The van der Waals surface area contributed by atoms with Gasteiger partial charge in [-0.1, -0.05) is 0 Å². The molecule has 0 aromatic rings. The van der Waals surface area contributed by atoms with E-state index in [-0.39, 0.29) is 89.1 Å². The summed E-state index contributed by atoms with van der Waals surface area (Å²) in [5.74, 6) is 0. The summed E-state index contributed by atoms with van der Waals surface area (Å²) < 4.78 is 0. The van der Waals surface area contributed by atoms with Crippen LogP contribution in [0.5, 0.6) is 0 Å². The van der Waals surface area contributed by atoms with Gasteiger partial charge in [0.15, 0.2) is 0 Å². The summed E-state index contributed by atoms with van der Waals surface area (Å²) in [7, 11) is 0. The first-order chi connectivity index (χ1) is 1.00. The van der Waals surface area contributed by atoms with E-state index in [9.17, 15) is 0 Å². The first kappa shape index (κ1) is 16.2. The van der Waals surface area contributed by atoms with E-state index in [4.69, 9.17) is 11.8 Å². The fourth-order valence-corrected chi connectivity index (χ4v) is 0. The minimum atomic E-state index is 0. The zero-order valence-corrected chi connectivity index (χ0v) is 7.99. The predicted octanol–water partition coefficient (Wildman–Crippen LogP) is -3.28. The van der Waals surface area contributed by atoms with Crippen LogP contribution in [0.15, 0.2) is 0 Å². The van der Waals surface area contributed by atoms with E-state index in [0.717, 1.165) is 0 Å². The van der Waals surface area contributed by atoms with Gasteiger partial charge in [0.2, 0.25) is 0 Å². The van der Waals surface area contributed by atoms with Crippen LogP contribution in [0.2, 0.25) is 0 Å². The van der Waals surface area contributed by atoms with Crippen molar-refractivity contribution in [2.24, 2.45) is 0 Å². The zero-order chi connectivity index (χ0) is 2.00. The Hall–Kier alpha value is 2.39. The Morgan fingerprint density at radius 3 is 1.25 bits per heavy atom. The smallest absolute Gasteiger partial charge is 0.512 e. The number of hydrogen-bond donors (Lipinski definition) is 0. The van der Waals surface area contributed by atoms with Crippen molar-refractivity contribution in [3.05, 3.63) is 6.57 Å². The molecule has 0 N–H and O–H groups in total. The van der Waals surface area contributed by atoms with Crippen LogP contribution < -0.4 is 51.4 Å². The molecule has 0 heterocycles. The summed E-state index contributed by atoms with van der Waals surface area (Å²) in [4.78, 5) is 0. The van der Waals surface area contributed by atoms with Gasteiger partial charge < -0.3 is 11.8 Å². The average Bonchev–Trinajstić information content (AvgIpc) is 1.00. The van der Waals surface area contributed by atoms with Crippen LogP contribution in [0.3, 0.4) is 0 Å². The summed E-state index contributed by atoms with van der Waals surface area (Å²) in [6, 6.07) is 0. The Labute approximate surface area is 98.2 Å². The standard InChI is InChI=1S/CN.Ca.K/c1-2;;/q-1;+2;+1. The molecule has 0 saturated carbocycles. The minimum absolute atomic E-state index is 0. The summed E-state index contributed by atoms with van der Waals surface area (Å²) in [6.07, 6.45) is 0. The Morgan fingerprint density at radius 2 is 1.25 bits per heavy atom. The molecule has 0 aliphatic carbocycles. The summed E-state index contributed by atoms with van der Waals surface area (Å²) >= 11 is 0. The van der Waals surface area contributed by atoms with Crippen molar-refractivity contribution in [2.75, 3.05) is 0 Å². The number of nitrogens with zero attached hydrogens (tertiary/aromatic N) is 1. The van der Waals surface area contributed by atoms with E-state index >= 15 is 0 Å². The van der Waals surface area contributed by atoms with Gasteiger partial charge in [-0.05, 0) is 0 Å². The molecule has 0 fully saturated rings. The van der Waals surface area contributed by atoms with E-state index in [1.54, 1.807) is 0 Å². The molecule has 0 aliphatic rings. The van der Waals surface area contributed by atoms with E-state index in [0.29, 0.717) is 0 Å². The molecular weight excluding hydrogens is 105 g/mol. The predicted molar refractivity (Wildman–Crippen MR) is 10.7 cm³/mol. The molecule has 3 heteroatoms. The van der Waals surface area contributed by atoms with E-state index in [1.807, 2.05) is 0 Å². The van der Waals surface area contributed by atoms with E-state index < -0.39 is 0 Å². The van der Waals surface area contributed by atoms with Gasteiger partial charge in [-0.3, -0.25) is 0 Å². The maximum atomic E-state index is 6.25. The molecule has 0 saturated heterocycles. The van der Waals surface area contributed by atoms with Crippen molar-refractivity contribution < 1.29 is 51.4 Å². The first-order valence-electron chi connectivity index (χ1n) is 0.224. The van der Waals surface area contributed by atoms with Gasteiger partial charge in [-0.25, -0.2) is 0 Å². The molecular formula is CCaKN+2. The molecule has 0 rings (SSSR count). The van der Waals surface area contributed by atoms with Crippen molar-refractivity contribution in [1.82, 2.24) is 0 Å². The third kappa shape index (κ3) is 8.83. The molecule has 0 aromatic heterocycles. The maximum absolute atomic E-state index is 6.25. The van der Waals surface area contributed by atoms with Crippen LogP contribution in [0.1, 0.15) is 0 Å². The molecule has 10 valence electrons. The first-order valence-corrected chi connectivity index (χ1v) is 0.224. The van der Waals surface area contributed by atoms with Gasteiger partial charge >= 0.3 is 89.1 Å². The monoisotopic (exact) mass is 105 g/mol. The van der Waals surface area contributed by atoms with Crippen LogP contribution in [-0.4, -0.2) is 37.7 Å². The third-order valence-corrected chi connectivity index (χ3v) is 0. The summed E-state index contributed by atoms with van der Waals surface area (Å²) in [6.45, 7) is 4.75. The van der Waals surface area contributed by atoms with Crippen molar-refractivity contribution >= 4 is 37.7 Å². The van der Waals surface area contributed by atoms with Crippen LogP contribution in [0.4, 0.5) is 0 Å². The quantitative estimate of drug-likeness (QED) is 0.234. The third-order valence-electron chi connectivity index (χ3n) is 0. The van der Waals surface area contributed by atoms with E-state index in [1.165, 1.54) is 0 Å². The Bertz CT molecular complexity index is 12.8. The molecule has 0 spiro atoms. The minimum Gasteiger partial charge on any atom is -0.512 e. The van der Waals surface area contributed by atoms with Gasteiger partial charge in [0.05, 0.1) is 0 Å². The zero-order valence-electron chi connectivity index (χ0n) is 2.65. The summed E-state index contributed by atoms with van der Waals surface area (Å²) in [5.41, 5.74) is 0. The van der Waals surface area contributed by atoms with Crippen molar-refractivity contribution in [3.8, 4) is 0 Å². The normalized spacial score (nSPS) is 0.500. The molecule has 0 unspecified atom stereocenters. The molecule has 4 heavy (non-hydrogen) atoms. The van der Waals surface area contributed by atoms with Crippen molar-refractivity contribution in [2.45, 2.75) is 0 Å². The molecule has 1 nitrogen and oxygen atoms in total. The molecule has 0 bridgehead atoms. The second kappa shape index (κ2) is 18.2. The van der Waals surface area contributed by atoms with Crippen LogP contribution in [0, 0.1) is 11.8 Å². The maximum Gasteiger partial charge on any atom is 2.00 e. The molecule has 0 radical (unpaired) electrons. The topological polar surface area (TPSA) is 23.8 Å². The van der Waals surface area contributed by atoms with Gasteiger partial charge in [0.1, 0.15) is 0 Å². The SMILES string of the molecule is [C-]#N.[Ca+2].[K+]. The van der Waals surface area contributed by atoms with Crippen molar-refractivity contribution in [1.29, 1.82) is 5.26 Å². The molecule has 0 aromatic carbocycles. The fourth-order valence-electron chi connectivity index (χ4n) is 0. The molecule has 0 amide bonds. The summed E-state index contributed by atoms with van der Waals surface area (Å²) in [5, 5.41) is 6.25. The van der Waals surface area contributed by atoms with Crippen LogP contribution in [0.25, 0.3) is 0 Å². The number of hydrogen-bond acceptors (Lipinski definition) is 1. The molecule has 0 aliphatic heterocycles. The van der Waals surface area contributed by atoms with Gasteiger partial charge in [0.25, 0.3) is 0 Å². The van der Waals surface area contributed by atoms with Gasteiger partial charge in [-0.2, -0.15) is 0 Å². The second-order valence-electron chi connectivity index (χ2n) is 0. The van der Waals surface area contributed by atoms with Crippen LogP contribution >= 0.6 is 0 Å². The fraction of sp³-hybridized carbons (Fsp3) is 0. The van der Waals surface area contributed by atoms with Crippen molar-refractivity contribution in [3.63, 3.8) is 0 Å². The largest absolute Gasteiger partial charge is 2.00 e. The van der Waals surface area contributed by atoms with Gasteiger partial charge in [-0.15, -0.1) is 0 Å². The van der Waals surface area contributed by atoms with E-state index in [2.05, 4.69) is 0 Å². The average molecular weight is 105 g/mol. The Balaban J connectivity index is -0.00000000500. The Kier molecular flexibility index (Phi) is 73.5. The van der Waals surface area contributed by atoms with Gasteiger partial charge in [0, 0.05) is 0 Å². The van der Waals surface area contributed by atoms with Crippen LogP contribution in [-0.2, 0) is 0 Å². The molecule has 0 atom stereocenters. The number of rotatable bonds is 0. The second-order valence-corrected chi connectivity index (χ2v) is 0. The Morgan fingerprint density at radius 1 is 1.25 bits per heavy atom.